The Balaban J connectivity index is 2.07. The van der Waals surface area contributed by atoms with E-state index in [1.807, 2.05) is 12.1 Å². The van der Waals surface area contributed by atoms with E-state index in [4.69, 9.17) is 9.47 Å². The third kappa shape index (κ3) is 4.42. The Hall–Kier alpha value is -1.16. The molecule has 0 unspecified atom stereocenters. The summed E-state index contributed by atoms with van der Waals surface area (Å²) in [5.41, 5.74) is 0. The minimum absolute atomic E-state index is 0.131. The normalized spacial score (nSPS) is 9.92. The van der Waals surface area contributed by atoms with Crippen LogP contribution in [0.15, 0.2) is 24.4 Å². The van der Waals surface area contributed by atoms with Crippen LogP contribution in [0.5, 0.6) is 5.88 Å². The number of halogens is 1. The van der Waals surface area contributed by atoms with Crippen molar-refractivity contribution in [3.63, 3.8) is 0 Å². The second-order valence-corrected chi connectivity index (χ2v) is 2.32. The molecule has 0 amide bonds. The third-order valence-corrected chi connectivity index (χ3v) is 1.34. The molecule has 0 aliphatic carbocycles. The second-order valence-electron chi connectivity index (χ2n) is 2.32. The van der Waals surface area contributed by atoms with Crippen LogP contribution in [0.3, 0.4) is 0 Å². The van der Waals surface area contributed by atoms with Gasteiger partial charge in [-0.05, 0) is 6.07 Å². The summed E-state index contributed by atoms with van der Waals surface area (Å²) in [6.45, 7) is 0.465. The first-order chi connectivity index (χ1) is 6.43. The molecule has 0 aliphatic heterocycles. The fourth-order valence-corrected chi connectivity index (χ4v) is 0.794. The molecule has 1 rings (SSSR count). The third-order valence-electron chi connectivity index (χ3n) is 1.34. The predicted octanol–water partition coefficient (Wildman–Crippen LogP) is 1.45. The molecule has 13 heavy (non-hydrogen) atoms. The van der Waals surface area contributed by atoms with E-state index in [1.54, 1.807) is 12.3 Å². The summed E-state index contributed by atoms with van der Waals surface area (Å²) in [7, 11) is 0. The zero-order valence-corrected chi connectivity index (χ0v) is 7.28. The molecular weight excluding hydrogens is 173 g/mol. The van der Waals surface area contributed by atoms with Gasteiger partial charge in [-0.1, -0.05) is 6.07 Å². The van der Waals surface area contributed by atoms with Crippen molar-refractivity contribution in [1.82, 2.24) is 4.98 Å². The largest absolute Gasteiger partial charge is 0.475 e. The Labute approximate surface area is 76.5 Å². The zero-order valence-electron chi connectivity index (χ0n) is 7.28. The lowest BCUT2D eigenvalue weighted by molar-refractivity contribution is 0.0883. The van der Waals surface area contributed by atoms with Crippen LogP contribution in [0.2, 0.25) is 0 Å². The van der Waals surface area contributed by atoms with Gasteiger partial charge in [-0.2, -0.15) is 0 Å². The molecule has 0 radical (unpaired) electrons. The number of aromatic nitrogens is 1. The fraction of sp³-hybridized carbons (Fsp3) is 0.444. The Morgan fingerprint density at radius 2 is 2.15 bits per heavy atom. The SMILES string of the molecule is FCCOCCOc1ccccn1. The van der Waals surface area contributed by atoms with E-state index >= 15 is 0 Å². The number of nitrogens with zero attached hydrogens (tertiary/aromatic N) is 1. The fourth-order valence-electron chi connectivity index (χ4n) is 0.794. The Morgan fingerprint density at radius 1 is 1.23 bits per heavy atom. The molecular formula is C9H12FNO2. The van der Waals surface area contributed by atoms with Gasteiger partial charge in [-0.25, -0.2) is 9.37 Å². The quantitative estimate of drug-likeness (QED) is 0.628. The lowest BCUT2D eigenvalue weighted by atomic mass is 10.5. The molecule has 0 saturated carbocycles. The maximum atomic E-state index is 11.6. The summed E-state index contributed by atoms with van der Waals surface area (Å²) in [4.78, 5) is 3.94. The smallest absolute Gasteiger partial charge is 0.213 e. The topological polar surface area (TPSA) is 31.4 Å². The maximum Gasteiger partial charge on any atom is 0.213 e. The summed E-state index contributed by atoms with van der Waals surface area (Å²) >= 11 is 0. The Morgan fingerprint density at radius 3 is 2.85 bits per heavy atom. The number of alkyl halides is 1. The van der Waals surface area contributed by atoms with E-state index in [0.717, 1.165) is 0 Å². The van der Waals surface area contributed by atoms with Crippen LogP contribution in [0.1, 0.15) is 0 Å². The van der Waals surface area contributed by atoms with Crippen molar-refractivity contribution in [2.75, 3.05) is 26.5 Å². The van der Waals surface area contributed by atoms with E-state index in [1.165, 1.54) is 0 Å². The predicted molar refractivity (Wildman–Crippen MR) is 46.5 cm³/mol. The van der Waals surface area contributed by atoms with Crippen LogP contribution < -0.4 is 4.74 Å². The molecule has 0 saturated heterocycles. The first-order valence-electron chi connectivity index (χ1n) is 4.11. The van der Waals surface area contributed by atoms with Gasteiger partial charge in [0.1, 0.15) is 13.3 Å². The van der Waals surface area contributed by atoms with E-state index in [9.17, 15) is 4.39 Å². The van der Waals surface area contributed by atoms with Crippen molar-refractivity contribution in [1.29, 1.82) is 0 Å². The molecule has 4 heteroatoms. The van der Waals surface area contributed by atoms with Crippen molar-refractivity contribution < 1.29 is 13.9 Å². The van der Waals surface area contributed by atoms with Crippen LogP contribution in [-0.4, -0.2) is 31.5 Å². The van der Waals surface area contributed by atoms with Crippen LogP contribution in [0.25, 0.3) is 0 Å². The Bertz CT molecular complexity index is 218. The van der Waals surface area contributed by atoms with Crippen LogP contribution in [-0.2, 0) is 4.74 Å². The average molecular weight is 185 g/mol. The maximum absolute atomic E-state index is 11.6. The summed E-state index contributed by atoms with van der Waals surface area (Å²) in [6.07, 6.45) is 1.65. The van der Waals surface area contributed by atoms with Gasteiger partial charge in [0.15, 0.2) is 0 Å². The van der Waals surface area contributed by atoms with E-state index in [2.05, 4.69) is 4.98 Å². The highest BCUT2D eigenvalue weighted by Crippen LogP contribution is 2.02. The molecule has 0 fully saturated rings. The van der Waals surface area contributed by atoms with Gasteiger partial charge in [0.05, 0.1) is 13.2 Å². The molecule has 0 spiro atoms. The first kappa shape index (κ1) is 9.92. The van der Waals surface area contributed by atoms with Gasteiger partial charge in [0, 0.05) is 12.3 Å². The van der Waals surface area contributed by atoms with Crippen LogP contribution in [0, 0.1) is 0 Å². The zero-order chi connectivity index (χ0) is 9.36. The first-order valence-corrected chi connectivity index (χ1v) is 4.11. The summed E-state index contributed by atoms with van der Waals surface area (Å²) in [5.74, 6) is 0.561. The molecule has 1 heterocycles. The van der Waals surface area contributed by atoms with Crippen molar-refractivity contribution in [2.24, 2.45) is 0 Å². The van der Waals surface area contributed by atoms with E-state index < -0.39 is 6.67 Å². The molecule has 1 aromatic rings. The minimum Gasteiger partial charge on any atom is -0.475 e. The average Bonchev–Trinajstić information content (AvgIpc) is 2.19. The van der Waals surface area contributed by atoms with E-state index in [0.29, 0.717) is 19.1 Å². The number of hydrogen-bond acceptors (Lipinski definition) is 3. The molecule has 1 aromatic heterocycles. The monoisotopic (exact) mass is 185 g/mol. The summed E-state index contributed by atoms with van der Waals surface area (Å²) < 4.78 is 21.6. The van der Waals surface area contributed by atoms with Crippen molar-refractivity contribution in [2.45, 2.75) is 0 Å². The van der Waals surface area contributed by atoms with Gasteiger partial charge >= 0.3 is 0 Å². The lowest BCUT2D eigenvalue weighted by Crippen LogP contribution is -2.08. The Kier molecular flexibility index (Phi) is 4.86. The minimum atomic E-state index is -0.455. The van der Waals surface area contributed by atoms with Gasteiger partial charge in [0.2, 0.25) is 5.88 Å². The molecule has 0 aliphatic rings. The summed E-state index contributed by atoms with van der Waals surface area (Å²) in [6, 6.07) is 5.41. The number of hydrogen-bond donors (Lipinski definition) is 0. The van der Waals surface area contributed by atoms with Crippen LogP contribution in [0.4, 0.5) is 4.39 Å². The number of ether oxygens (including phenoxy) is 2. The van der Waals surface area contributed by atoms with Gasteiger partial charge in [-0.15, -0.1) is 0 Å². The number of pyridine rings is 1. The van der Waals surface area contributed by atoms with Crippen molar-refractivity contribution in [3.8, 4) is 5.88 Å². The highest BCUT2D eigenvalue weighted by Gasteiger charge is 1.92. The lowest BCUT2D eigenvalue weighted by Gasteiger charge is -2.04. The van der Waals surface area contributed by atoms with Gasteiger partial charge in [-0.3, -0.25) is 0 Å². The standard InChI is InChI=1S/C9H12FNO2/c10-4-6-12-7-8-13-9-3-1-2-5-11-9/h1-3,5H,4,6-8H2. The molecule has 72 valence electrons. The number of rotatable bonds is 6. The highest BCUT2D eigenvalue weighted by atomic mass is 19.1. The molecule has 0 aromatic carbocycles. The molecule has 3 nitrogen and oxygen atoms in total. The highest BCUT2D eigenvalue weighted by molar-refractivity contribution is 5.08. The molecule has 0 N–H and O–H groups in total. The van der Waals surface area contributed by atoms with E-state index in [-0.39, 0.29) is 6.61 Å². The molecule has 0 bridgehead atoms. The second kappa shape index (κ2) is 6.37. The van der Waals surface area contributed by atoms with Crippen molar-refractivity contribution in [3.05, 3.63) is 24.4 Å². The van der Waals surface area contributed by atoms with Gasteiger partial charge < -0.3 is 9.47 Å². The molecule has 0 atom stereocenters. The van der Waals surface area contributed by atoms with Gasteiger partial charge in [0.25, 0.3) is 0 Å². The van der Waals surface area contributed by atoms with Crippen LogP contribution >= 0.6 is 0 Å². The van der Waals surface area contributed by atoms with Crippen molar-refractivity contribution >= 4 is 0 Å². The summed E-state index contributed by atoms with van der Waals surface area (Å²) in [5, 5.41) is 0.